The van der Waals surface area contributed by atoms with Gasteiger partial charge in [0, 0.05) is 12.8 Å². The highest BCUT2D eigenvalue weighted by Gasteiger charge is 2.30. The van der Waals surface area contributed by atoms with Crippen LogP contribution in [0, 0.1) is 0 Å². The number of ether oxygens (including phenoxy) is 2. The Kier molecular flexibility index (Phi) is 4.79. The Labute approximate surface area is 122 Å². The molecule has 0 fully saturated rings. The molecule has 106 valence electrons. The van der Waals surface area contributed by atoms with Crippen LogP contribution >= 0.6 is 11.6 Å². The fraction of sp³-hybridized carbons (Fsp3) is 0.333. The van der Waals surface area contributed by atoms with E-state index in [1.165, 1.54) is 0 Å². The van der Waals surface area contributed by atoms with E-state index < -0.39 is 6.16 Å². The number of halogens is 1. The van der Waals surface area contributed by atoms with Crippen LogP contribution in [0.25, 0.3) is 0 Å². The number of rotatable bonds is 3. The number of hydrogen-bond acceptors (Lipinski definition) is 4. The Hall–Kier alpha value is -1.81. The van der Waals surface area contributed by atoms with E-state index in [2.05, 4.69) is 0 Å². The van der Waals surface area contributed by atoms with E-state index in [9.17, 15) is 9.59 Å². The Balaban J connectivity index is 2.16. The van der Waals surface area contributed by atoms with Crippen LogP contribution in [-0.4, -0.2) is 18.5 Å². The van der Waals surface area contributed by atoms with Crippen LogP contribution in [0.15, 0.2) is 41.1 Å². The molecule has 0 amide bonds. The molecule has 5 heteroatoms. The van der Waals surface area contributed by atoms with E-state index >= 15 is 0 Å². The molecule has 0 saturated carbocycles. The fourth-order valence-electron chi connectivity index (χ4n) is 2.15. The van der Waals surface area contributed by atoms with E-state index in [-0.39, 0.29) is 29.1 Å². The monoisotopic (exact) mass is 294 g/mol. The van der Waals surface area contributed by atoms with Crippen LogP contribution in [0.4, 0.5) is 4.79 Å². The molecule has 0 spiro atoms. The van der Waals surface area contributed by atoms with E-state index in [4.69, 9.17) is 21.1 Å². The summed E-state index contributed by atoms with van der Waals surface area (Å²) in [5.74, 6) is -0.0584. The van der Waals surface area contributed by atoms with Gasteiger partial charge in [0.25, 0.3) is 0 Å². The number of benzene rings is 1. The van der Waals surface area contributed by atoms with E-state index in [0.717, 1.165) is 5.56 Å². The van der Waals surface area contributed by atoms with Crippen molar-refractivity contribution in [2.24, 2.45) is 0 Å². The minimum absolute atomic E-state index is 0.00904. The van der Waals surface area contributed by atoms with Gasteiger partial charge in [0.05, 0.1) is 6.61 Å². The molecule has 1 aliphatic rings. The highest BCUT2D eigenvalue weighted by Crippen LogP contribution is 2.36. The highest BCUT2D eigenvalue weighted by molar-refractivity contribution is 6.43. The molecule has 4 nitrogen and oxygen atoms in total. The summed E-state index contributed by atoms with van der Waals surface area (Å²) in [7, 11) is 0. The molecule has 0 saturated heterocycles. The van der Waals surface area contributed by atoms with Gasteiger partial charge in [-0.25, -0.2) is 4.79 Å². The first-order valence-corrected chi connectivity index (χ1v) is 6.81. The summed E-state index contributed by atoms with van der Waals surface area (Å²) in [6, 6.07) is 9.61. The SMILES string of the molecule is CCOC(=O)OC1=C(Cl)C(=O)CC(c2ccccc2)C1. The molecule has 0 heterocycles. The van der Waals surface area contributed by atoms with Crippen molar-refractivity contribution in [3.63, 3.8) is 0 Å². The lowest BCUT2D eigenvalue weighted by molar-refractivity contribution is -0.116. The number of hydrogen-bond donors (Lipinski definition) is 0. The molecule has 0 aliphatic heterocycles. The second kappa shape index (κ2) is 6.57. The Morgan fingerprint density at radius 3 is 2.65 bits per heavy atom. The summed E-state index contributed by atoms with van der Waals surface area (Å²) in [5.41, 5.74) is 1.02. The summed E-state index contributed by atoms with van der Waals surface area (Å²) in [6.07, 6.45) is -0.103. The first kappa shape index (κ1) is 14.6. The molecule has 1 aromatic carbocycles. The van der Waals surface area contributed by atoms with Crippen LogP contribution in [0.2, 0.25) is 0 Å². The Morgan fingerprint density at radius 1 is 1.30 bits per heavy atom. The maximum atomic E-state index is 11.9. The number of ketones is 1. The Morgan fingerprint density at radius 2 is 2.00 bits per heavy atom. The third-order valence-electron chi connectivity index (χ3n) is 3.09. The van der Waals surface area contributed by atoms with Gasteiger partial charge in [-0.1, -0.05) is 41.9 Å². The van der Waals surface area contributed by atoms with Gasteiger partial charge in [-0.05, 0) is 18.4 Å². The summed E-state index contributed by atoms with van der Waals surface area (Å²) in [5, 5.41) is -0.00904. The fourth-order valence-corrected chi connectivity index (χ4v) is 2.34. The quantitative estimate of drug-likeness (QED) is 0.797. The number of Topliss-reactive ketones (excluding diaryl/α,β-unsaturated/α-hetero) is 1. The predicted octanol–water partition coefficient (Wildman–Crippen LogP) is 3.76. The van der Waals surface area contributed by atoms with Crippen molar-refractivity contribution < 1.29 is 19.1 Å². The lowest BCUT2D eigenvalue weighted by Gasteiger charge is -2.23. The molecule has 0 aromatic heterocycles. The van der Waals surface area contributed by atoms with E-state index in [1.54, 1.807) is 6.92 Å². The van der Waals surface area contributed by atoms with Gasteiger partial charge in [0.15, 0.2) is 5.78 Å². The molecule has 20 heavy (non-hydrogen) atoms. The summed E-state index contributed by atoms with van der Waals surface area (Å²) in [4.78, 5) is 23.3. The van der Waals surface area contributed by atoms with Gasteiger partial charge in [0.1, 0.15) is 10.8 Å². The van der Waals surface area contributed by atoms with Crippen molar-refractivity contribution >= 4 is 23.5 Å². The lowest BCUT2D eigenvalue weighted by Crippen LogP contribution is -2.19. The van der Waals surface area contributed by atoms with Crippen LogP contribution in [0.1, 0.15) is 31.2 Å². The first-order valence-electron chi connectivity index (χ1n) is 6.43. The van der Waals surface area contributed by atoms with Crippen molar-refractivity contribution in [3.05, 3.63) is 46.7 Å². The minimum Gasteiger partial charge on any atom is -0.434 e. The molecule has 1 aromatic rings. The number of allylic oxidation sites excluding steroid dienone is 2. The van der Waals surface area contributed by atoms with Crippen LogP contribution < -0.4 is 0 Å². The van der Waals surface area contributed by atoms with Crippen LogP contribution in [0.3, 0.4) is 0 Å². The standard InChI is InChI=1S/C15H15ClO4/c1-2-19-15(18)20-13-9-11(8-12(17)14(13)16)10-6-4-3-5-7-10/h3-7,11H,2,8-9H2,1H3. The Bertz CT molecular complexity index is 536. The normalized spacial score (nSPS) is 18.9. The molecule has 0 bridgehead atoms. The van der Waals surface area contributed by atoms with Crippen molar-refractivity contribution in [2.45, 2.75) is 25.7 Å². The molecule has 2 rings (SSSR count). The molecule has 1 aliphatic carbocycles. The summed E-state index contributed by atoms with van der Waals surface area (Å²) < 4.78 is 9.74. The van der Waals surface area contributed by atoms with Crippen LogP contribution in [-0.2, 0) is 14.3 Å². The first-order chi connectivity index (χ1) is 9.61. The number of carbonyl (C=O) groups is 2. The summed E-state index contributed by atoms with van der Waals surface area (Å²) >= 11 is 5.93. The average molecular weight is 295 g/mol. The number of carbonyl (C=O) groups excluding carboxylic acids is 2. The topological polar surface area (TPSA) is 52.6 Å². The zero-order valence-electron chi connectivity index (χ0n) is 11.1. The van der Waals surface area contributed by atoms with Crippen molar-refractivity contribution in [3.8, 4) is 0 Å². The third-order valence-corrected chi connectivity index (χ3v) is 3.51. The smallest absolute Gasteiger partial charge is 0.434 e. The molecular weight excluding hydrogens is 280 g/mol. The molecule has 1 atom stereocenters. The van der Waals surface area contributed by atoms with Gasteiger partial charge >= 0.3 is 6.16 Å². The van der Waals surface area contributed by atoms with Crippen LogP contribution in [0.5, 0.6) is 0 Å². The van der Waals surface area contributed by atoms with Gasteiger partial charge in [-0.3, -0.25) is 4.79 Å². The zero-order chi connectivity index (χ0) is 14.5. The van der Waals surface area contributed by atoms with Gasteiger partial charge in [-0.2, -0.15) is 0 Å². The maximum Gasteiger partial charge on any atom is 0.513 e. The summed E-state index contributed by atoms with van der Waals surface area (Å²) in [6.45, 7) is 1.88. The van der Waals surface area contributed by atoms with Crippen molar-refractivity contribution in [1.29, 1.82) is 0 Å². The van der Waals surface area contributed by atoms with Gasteiger partial charge < -0.3 is 9.47 Å². The molecule has 0 N–H and O–H groups in total. The van der Waals surface area contributed by atoms with Crippen molar-refractivity contribution in [1.82, 2.24) is 0 Å². The maximum absolute atomic E-state index is 11.9. The molecular formula is C15H15ClO4. The molecule has 1 unspecified atom stereocenters. The average Bonchev–Trinajstić information content (AvgIpc) is 2.45. The minimum atomic E-state index is -0.831. The largest absolute Gasteiger partial charge is 0.513 e. The van der Waals surface area contributed by atoms with E-state index in [1.807, 2.05) is 30.3 Å². The zero-order valence-corrected chi connectivity index (χ0v) is 11.9. The van der Waals surface area contributed by atoms with Gasteiger partial charge in [0.2, 0.25) is 0 Å². The second-order valence-electron chi connectivity index (χ2n) is 4.46. The predicted molar refractivity (Wildman–Crippen MR) is 74.4 cm³/mol. The van der Waals surface area contributed by atoms with E-state index in [0.29, 0.717) is 12.8 Å². The second-order valence-corrected chi connectivity index (χ2v) is 4.84. The molecule has 0 radical (unpaired) electrons. The highest BCUT2D eigenvalue weighted by atomic mass is 35.5. The van der Waals surface area contributed by atoms with Crippen molar-refractivity contribution in [2.75, 3.05) is 6.61 Å². The lowest BCUT2D eigenvalue weighted by atomic mass is 9.86. The van der Waals surface area contributed by atoms with Gasteiger partial charge in [-0.15, -0.1) is 0 Å². The third kappa shape index (κ3) is 3.39.